The number of pyridine rings is 1. The predicted molar refractivity (Wildman–Crippen MR) is 74.1 cm³/mol. The van der Waals surface area contributed by atoms with Crippen molar-refractivity contribution in [2.45, 2.75) is 35.4 Å². The van der Waals surface area contributed by atoms with E-state index >= 15 is 0 Å². The Morgan fingerprint density at radius 1 is 1.33 bits per heavy atom. The Morgan fingerprint density at radius 3 is 2.67 bits per heavy atom. The Hall–Kier alpha value is -0.460. The zero-order valence-corrected chi connectivity index (χ0v) is 12.5. The highest BCUT2D eigenvalue weighted by atomic mass is 79.9. The first kappa shape index (κ1) is 14.0. The molecule has 1 aromatic rings. The number of nitrogens with zero attached hydrogens (tertiary/aromatic N) is 1. The minimum absolute atomic E-state index is 0.235. The van der Waals surface area contributed by atoms with Crippen LogP contribution in [0.2, 0.25) is 0 Å². The number of nitrogens with one attached hydrogen (secondary N) is 1. The SMILES string of the molecule is O=S(=O)(NCC1CCC(Br)CC1)c1cccnc1. The van der Waals surface area contributed by atoms with E-state index in [1.807, 2.05) is 0 Å². The lowest BCUT2D eigenvalue weighted by molar-refractivity contribution is 0.366. The first-order valence-electron chi connectivity index (χ1n) is 6.12. The molecule has 6 heteroatoms. The molecule has 1 N–H and O–H groups in total. The van der Waals surface area contributed by atoms with Crippen molar-refractivity contribution in [3.8, 4) is 0 Å². The molecular formula is C12H17BrN2O2S. The average molecular weight is 333 g/mol. The third-order valence-corrected chi connectivity index (χ3v) is 5.61. The molecule has 0 spiro atoms. The molecule has 0 bridgehead atoms. The van der Waals surface area contributed by atoms with Gasteiger partial charge in [0.2, 0.25) is 10.0 Å². The lowest BCUT2D eigenvalue weighted by Gasteiger charge is -2.25. The number of aromatic nitrogens is 1. The van der Waals surface area contributed by atoms with Crippen molar-refractivity contribution in [1.82, 2.24) is 9.71 Å². The summed E-state index contributed by atoms with van der Waals surface area (Å²) in [5, 5.41) is 0. The van der Waals surface area contributed by atoms with Gasteiger partial charge in [0.1, 0.15) is 4.90 Å². The number of hydrogen-bond acceptors (Lipinski definition) is 3. The lowest BCUT2D eigenvalue weighted by atomic mass is 9.89. The van der Waals surface area contributed by atoms with Crippen molar-refractivity contribution in [2.75, 3.05) is 6.54 Å². The van der Waals surface area contributed by atoms with Gasteiger partial charge in [0, 0.05) is 23.8 Å². The maximum absolute atomic E-state index is 12.0. The quantitative estimate of drug-likeness (QED) is 0.861. The molecule has 0 aromatic carbocycles. The van der Waals surface area contributed by atoms with Gasteiger partial charge in [-0.1, -0.05) is 15.9 Å². The Kier molecular flexibility index (Phi) is 4.75. The van der Waals surface area contributed by atoms with Crippen LogP contribution in [0.1, 0.15) is 25.7 Å². The molecule has 1 aliphatic carbocycles. The molecular weight excluding hydrogens is 316 g/mol. The molecule has 1 aromatic heterocycles. The van der Waals surface area contributed by atoms with Crippen molar-refractivity contribution in [1.29, 1.82) is 0 Å². The maximum Gasteiger partial charge on any atom is 0.242 e. The van der Waals surface area contributed by atoms with E-state index in [1.165, 1.54) is 6.20 Å². The Balaban J connectivity index is 1.90. The summed E-state index contributed by atoms with van der Waals surface area (Å²) in [7, 11) is -3.40. The second-order valence-electron chi connectivity index (χ2n) is 4.66. The topological polar surface area (TPSA) is 59.1 Å². The van der Waals surface area contributed by atoms with Gasteiger partial charge in [-0.25, -0.2) is 13.1 Å². The van der Waals surface area contributed by atoms with Crippen molar-refractivity contribution >= 4 is 26.0 Å². The van der Waals surface area contributed by atoms with Crippen LogP contribution >= 0.6 is 15.9 Å². The summed E-state index contributed by atoms with van der Waals surface area (Å²) in [6.45, 7) is 0.525. The maximum atomic E-state index is 12.0. The van der Waals surface area contributed by atoms with Crippen LogP contribution in [0.5, 0.6) is 0 Å². The van der Waals surface area contributed by atoms with Crippen LogP contribution in [0.3, 0.4) is 0 Å². The van der Waals surface area contributed by atoms with Crippen LogP contribution in [0, 0.1) is 5.92 Å². The molecule has 1 fully saturated rings. The van der Waals surface area contributed by atoms with Crippen molar-refractivity contribution < 1.29 is 8.42 Å². The number of halogens is 1. The van der Waals surface area contributed by atoms with Gasteiger partial charge < -0.3 is 0 Å². The molecule has 0 atom stereocenters. The minimum Gasteiger partial charge on any atom is -0.263 e. The summed E-state index contributed by atoms with van der Waals surface area (Å²) in [5.41, 5.74) is 0. The molecule has 4 nitrogen and oxygen atoms in total. The summed E-state index contributed by atoms with van der Waals surface area (Å²) in [4.78, 5) is 4.67. The molecule has 2 rings (SSSR count). The lowest BCUT2D eigenvalue weighted by Crippen LogP contribution is -2.31. The number of alkyl halides is 1. The van der Waals surface area contributed by atoms with Gasteiger partial charge in [-0.15, -0.1) is 0 Å². The fourth-order valence-corrected chi connectivity index (χ4v) is 3.75. The van der Waals surface area contributed by atoms with E-state index in [4.69, 9.17) is 0 Å². The largest absolute Gasteiger partial charge is 0.263 e. The number of rotatable bonds is 4. The summed E-state index contributed by atoms with van der Waals surface area (Å²) in [6.07, 6.45) is 7.34. The monoisotopic (exact) mass is 332 g/mol. The highest BCUT2D eigenvalue weighted by molar-refractivity contribution is 9.09. The molecule has 100 valence electrons. The third-order valence-electron chi connectivity index (χ3n) is 3.28. The van der Waals surface area contributed by atoms with Gasteiger partial charge in [-0.05, 0) is 43.7 Å². The van der Waals surface area contributed by atoms with Crippen LogP contribution in [0.25, 0.3) is 0 Å². The third kappa shape index (κ3) is 3.76. The highest BCUT2D eigenvalue weighted by Gasteiger charge is 2.21. The van der Waals surface area contributed by atoms with Crippen molar-refractivity contribution in [3.05, 3.63) is 24.5 Å². The molecule has 0 saturated heterocycles. The zero-order valence-electron chi connectivity index (χ0n) is 10.0. The summed E-state index contributed by atoms with van der Waals surface area (Å²) < 4.78 is 26.6. The predicted octanol–water partition coefficient (Wildman–Crippen LogP) is 2.31. The first-order valence-corrected chi connectivity index (χ1v) is 8.51. The number of sulfonamides is 1. The second kappa shape index (κ2) is 6.12. The Morgan fingerprint density at radius 2 is 2.06 bits per heavy atom. The van der Waals surface area contributed by atoms with Gasteiger partial charge in [0.25, 0.3) is 0 Å². The van der Waals surface area contributed by atoms with E-state index in [1.54, 1.807) is 18.3 Å². The van der Waals surface area contributed by atoms with E-state index < -0.39 is 10.0 Å². The molecule has 0 unspecified atom stereocenters. The van der Waals surface area contributed by atoms with Gasteiger partial charge in [-0.2, -0.15) is 0 Å². The molecule has 18 heavy (non-hydrogen) atoms. The first-order chi connectivity index (χ1) is 8.58. The molecule has 1 saturated carbocycles. The zero-order chi connectivity index (χ0) is 13.0. The van der Waals surface area contributed by atoms with Gasteiger partial charge >= 0.3 is 0 Å². The average Bonchev–Trinajstić information content (AvgIpc) is 2.39. The molecule has 1 aliphatic rings. The van der Waals surface area contributed by atoms with Gasteiger partial charge in [0.15, 0.2) is 0 Å². The van der Waals surface area contributed by atoms with Crippen LogP contribution in [-0.2, 0) is 10.0 Å². The van der Waals surface area contributed by atoms with E-state index in [-0.39, 0.29) is 4.90 Å². The van der Waals surface area contributed by atoms with E-state index in [9.17, 15) is 8.42 Å². The fraction of sp³-hybridized carbons (Fsp3) is 0.583. The van der Waals surface area contributed by atoms with Gasteiger partial charge in [0.05, 0.1) is 0 Å². The van der Waals surface area contributed by atoms with E-state index in [0.29, 0.717) is 17.3 Å². The molecule has 1 heterocycles. The number of hydrogen-bond donors (Lipinski definition) is 1. The smallest absolute Gasteiger partial charge is 0.242 e. The second-order valence-corrected chi connectivity index (χ2v) is 7.72. The van der Waals surface area contributed by atoms with Crippen LogP contribution < -0.4 is 4.72 Å². The normalized spacial score (nSPS) is 24.9. The molecule has 0 aliphatic heterocycles. The molecule has 0 radical (unpaired) electrons. The van der Waals surface area contributed by atoms with Gasteiger partial charge in [-0.3, -0.25) is 4.98 Å². The highest BCUT2D eigenvalue weighted by Crippen LogP contribution is 2.28. The summed E-state index contributed by atoms with van der Waals surface area (Å²) in [6, 6.07) is 3.19. The minimum atomic E-state index is -3.40. The van der Waals surface area contributed by atoms with E-state index in [2.05, 4.69) is 25.6 Å². The van der Waals surface area contributed by atoms with Crippen LogP contribution in [-0.4, -0.2) is 24.8 Å². The Labute approximate surface area is 116 Å². The van der Waals surface area contributed by atoms with Crippen molar-refractivity contribution in [3.63, 3.8) is 0 Å². The van der Waals surface area contributed by atoms with Crippen LogP contribution in [0.4, 0.5) is 0 Å². The van der Waals surface area contributed by atoms with Crippen molar-refractivity contribution in [2.24, 2.45) is 5.92 Å². The van der Waals surface area contributed by atoms with Crippen LogP contribution in [0.15, 0.2) is 29.4 Å². The standard InChI is InChI=1S/C12H17BrN2O2S/c13-11-5-3-10(4-6-11)8-15-18(16,17)12-2-1-7-14-9-12/h1-2,7,9-11,15H,3-6,8H2. The summed E-state index contributed by atoms with van der Waals surface area (Å²) in [5.74, 6) is 0.449. The fourth-order valence-electron chi connectivity index (χ4n) is 2.14. The molecule has 0 amide bonds. The summed E-state index contributed by atoms with van der Waals surface area (Å²) >= 11 is 3.60. The van der Waals surface area contributed by atoms with E-state index in [0.717, 1.165) is 25.7 Å². The Bertz CT molecular complexity index is 470.